The van der Waals surface area contributed by atoms with Gasteiger partial charge in [0.15, 0.2) is 12.0 Å². The highest BCUT2D eigenvalue weighted by Crippen LogP contribution is 2.23. The molecule has 0 aliphatic rings. The summed E-state index contributed by atoms with van der Waals surface area (Å²) in [5, 5.41) is 13.8. The zero-order valence-corrected chi connectivity index (χ0v) is 16.9. The first-order chi connectivity index (χ1) is 13.6. The highest BCUT2D eigenvalue weighted by atomic mass is 32.1. The standard InChI is InChI=1S/C19H23N5O3S/c1-4-26-18(27-5-2)11-24-10-16(22-23-24)19(25)21-15-8-6-14(7-9-15)17-12-28-13(3)20-17/h6-10,12,18H,4-5,11H2,1-3H3,(H,21,25). The van der Waals surface area contributed by atoms with Crippen molar-refractivity contribution in [1.29, 1.82) is 0 Å². The van der Waals surface area contributed by atoms with Gasteiger partial charge in [0.05, 0.1) is 23.4 Å². The maximum Gasteiger partial charge on any atom is 0.277 e. The first kappa shape index (κ1) is 20.1. The monoisotopic (exact) mass is 401 g/mol. The van der Waals surface area contributed by atoms with E-state index in [1.165, 1.54) is 0 Å². The zero-order chi connectivity index (χ0) is 19.9. The number of hydrogen-bond donors (Lipinski definition) is 1. The molecule has 2 aromatic heterocycles. The first-order valence-corrected chi connectivity index (χ1v) is 9.94. The molecular weight excluding hydrogens is 378 g/mol. The summed E-state index contributed by atoms with van der Waals surface area (Å²) in [5.74, 6) is -0.326. The molecule has 1 amide bonds. The lowest BCUT2D eigenvalue weighted by molar-refractivity contribution is -0.145. The van der Waals surface area contributed by atoms with Crippen molar-refractivity contribution in [2.75, 3.05) is 18.5 Å². The largest absolute Gasteiger partial charge is 0.351 e. The Balaban J connectivity index is 1.61. The fraction of sp³-hybridized carbons (Fsp3) is 0.368. The Kier molecular flexibility index (Phi) is 6.85. The molecule has 0 atom stereocenters. The van der Waals surface area contributed by atoms with Crippen LogP contribution in [0.2, 0.25) is 0 Å². The molecule has 0 bridgehead atoms. The molecule has 28 heavy (non-hydrogen) atoms. The molecule has 0 saturated carbocycles. The Morgan fingerprint density at radius 3 is 2.54 bits per heavy atom. The Bertz CT molecular complexity index is 900. The van der Waals surface area contributed by atoms with Gasteiger partial charge in [0.2, 0.25) is 0 Å². The number of benzene rings is 1. The smallest absolute Gasteiger partial charge is 0.277 e. The van der Waals surface area contributed by atoms with Crippen molar-refractivity contribution in [1.82, 2.24) is 20.0 Å². The van der Waals surface area contributed by atoms with Crippen LogP contribution in [-0.2, 0) is 16.0 Å². The van der Waals surface area contributed by atoms with Crippen molar-refractivity contribution < 1.29 is 14.3 Å². The molecule has 0 unspecified atom stereocenters. The number of rotatable bonds is 9. The van der Waals surface area contributed by atoms with Crippen LogP contribution in [0.25, 0.3) is 11.3 Å². The SMILES string of the molecule is CCOC(Cn1cc(C(=O)Nc2ccc(-c3csc(C)n3)cc2)nn1)OCC. The van der Waals surface area contributed by atoms with Gasteiger partial charge in [0, 0.05) is 29.8 Å². The second-order valence-corrected chi connectivity index (χ2v) is 7.01. The van der Waals surface area contributed by atoms with Crippen LogP contribution >= 0.6 is 11.3 Å². The lowest BCUT2D eigenvalue weighted by Gasteiger charge is -2.16. The topological polar surface area (TPSA) is 91.2 Å². The van der Waals surface area contributed by atoms with Crippen LogP contribution in [0.3, 0.4) is 0 Å². The molecule has 3 aromatic rings. The normalized spacial score (nSPS) is 11.1. The molecule has 0 aliphatic carbocycles. The van der Waals surface area contributed by atoms with E-state index in [2.05, 4.69) is 20.6 Å². The van der Waals surface area contributed by atoms with E-state index in [1.54, 1.807) is 22.2 Å². The van der Waals surface area contributed by atoms with Crippen LogP contribution in [0.4, 0.5) is 5.69 Å². The van der Waals surface area contributed by atoms with Crippen molar-refractivity contribution >= 4 is 22.9 Å². The van der Waals surface area contributed by atoms with Crippen LogP contribution < -0.4 is 5.32 Å². The number of thiazole rings is 1. The van der Waals surface area contributed by atoms with Crippen molar-refractivity contribution in [3.8, 4) is 11.3 Å². The van der Waals surface area contributed by atoms with E-state index in [9.17, 15) is 4.79 Å². The number of carbonyl (C=O) groups excluding carboxylic acids is 1. The molecular formula is C19H23N5O3S. The van der Waals surface area contributed by atoms with E-state index in [0.29, 0.717) is 25.4 Å². The average Bonchev–Trinajstić information content (AvgIpc) is 3.32. The number of aromatic nitrogens is 4. The molecule has 3 rings (SSSR count). The van der Waals surface area contributed by atoms with Gasteiger partial charge in [-0.25, -0.2) is 9.67 Å². The highest BCUT2D eigenvalue weighted by molar-refractivity contribution is 7.09. The Morgan fingerprint density at radius 1 is 1.21 bits per heavy atom. The summed E-state index contributed by atoms with van der Waals surface area (Å²) in [5.41, 5.74) is 2.84. The summed E-state index contributed by atoms with van der Waals surface area (Å²) in [6, 6.07) is 7.53. The van der Waals surface area contributed by atoms with E-state index in [4.69, 9.17) is 9.47 Å². The molecule has 0 saturated heterocycles. The summed E-state index contributed by atoms with van der Waals surface area (Å²) in [6.45, 7) is 7.19. The van der Waals surface area contributed by atoms with Crippen molar-refractivity contribution in [2.24, 2.45) is 0 Å². The van der Waals surface area contributed by atoms with E-state index < -0.39 is 6.29 Å². The van der Waals surface area contributed by atoms with Gasteiger partial charge in [-0.1, -0.05) is 17.3 Å². The number of anilines is 1. The molecule has 148 valence electrons. The minimum absolute atomic E-state index is 0.228. The van der Waals surface area contributed by atoms with E-state index in [1.807, 2.05) is 50.4 Å². The third-order valence-corrected chi connectivity index (χ3v) is 4.64. The zero-order valence-electron chi connectivity index (χ0n) is 16.1. The third-order valence-electron chi connectivity index (χ3n) is 3.87. The van der Waals surface area contributed by atoms with Gasteiger partial charge < -0.3 is 14.8 Å². The van der Waals surface area contributed by atoms with Crippen LogP contribution in [-0.4, -0.2) is 45.4 Å². The second kappa shape index (κ2) is 9.54. The summed E-state index contributed by atoms with van der Waals surface area (Å²) in [7, 11) is 0. The second-order valence-electron chi connectivity index (χ2n) is 5.95. The van der Waals surface area contributed by atoms with E-state index in [-0.39, 0.29) is 11.6 Å². The summed E-state index contributed by atoms with van der Waals surface area (Å²) in [4.78, 5) is 16.9. The summed E-state index contributed by atoms with van der Waals surface area (Å²) >= 11 is 1.61. The maximum absolute atomic E-state index is 12.4. The third kappa shape index (κ3) is 5.22. The van der Waals surface area contributed by atoms with E-state index in [0.717, 1.165) is 16.3 Å². The lowest BCUT2D eigenvalue weighted by Crippen LogP contribution is -2.24. The van der Waals surface area contributed by atoms with Crippen LogP contribution in [0.15, 0.2) is 35.8 Å². The number of amides is 1. The number of nitrogens with zero attached hydrogens (tertiary/aromatic N) is 4. The Labute approximate surface area is 167 Å². The van der Waals surface area contributed by atoms with Crippen LogP contribution in [0.1, 0.15) is 29.3 Å². The highest BCUT2D eigenvalue weighted by Gasteiger charge is 2.15. The van der Waals surface area contributed by atoms with Gasteiger partial charge in [-0.15, -0.1) is 16.4 Å². The number of ether oxygens (including phenoxy) is 2. The Morgan fingerprint density at radius 2 is 1.93 bits per heavy atom. The van der Waals surface area contributed by atoms with Crippen molar-refractivity contribution in [2.45, 2.75) is 33.6 Å². The number of carbonyl (C=O) groups is 1. The lowest BCUT2D eigenvalue weighted by atomic mass is 10.1. The van der Waals surface area contributed by atoms with Crippen molar-refractivity contribution in [3.63, 3.8) is 0 Å². The quantitative estimate of drug-likeness (QED) is 0.553. The minimum atomic E-state index is -0.422. The van der Waals surface area contributed by atoms with Crippen LogP contribution in [0.5, 0.6) is 0 Å². The molecule has 2 heterocycles. The van der Waals surface area contributed by atoms with Crippen LogP contribution in [0, 0.1) is 6.92 Å². The van der Waals surface area contributed by atoms with Gasteiger partial charge in [0.1, 0.15) is 0 Å². The molecule has 0 spiro atoms. The molecule has 1 N–H and O–H groups in total. The van der Waals surface area contributed by atoms with Gasteiger partial charge in [0.25, 0.3) is 5.91 Å². The predicted molar refractivity (Wildman–Crippen MR) is 107 cm³/mol. The molecule has 0 aliphatic heterocycles. The minimum Gasteiger partial charge on any atom is -0.351 e. The molecule has 9 heteroatoms. The van der Waals surface area contributed by atoms with E-state index >= 15 is 0 Å². The van der Waals surface area contributed by atoms with Gasteiger partial charge in [-0.3, -0.25) is 4.79 Å². The number of aryl methyl sites for hydroxylation is 1. The van der Waals surface area contributed by atoms with Gasteiger partial charge in [-0.05, 0) is 32.9 Å². The predicted octanol–water partition coefficient (Wildman–Crippen LogP) is 3.36. The Hall–Kier alpha value is -2.62. The molecule has 8 nitrogen and oxygen atoms in total. The average molecular weight is 401 g/mol. The fourth-order valence-corrected chi connectivity index (χ4v) is 3.21. The van der Waals surface area contributed by atoms with Gasteiger partial charge in [-0.2, -0.15) is 0 Å². The molecule has 0 radical (unpaired) electrons. The number of nitrogens with one attached hydrogen (secondary N) is 1. The maximum atomic E-state index is 12.4. The fourth-order valence-electron chi connectivity index (χ4n) is 2.59. The van der Waals surface area contributed by atoms with Gasteiger partial charge >= 0.3 is 0 Å². The van der Waals surface area contributed by atoms with Crippen molar-refractivity contribution in [3.05, 3.63) is 46.5 Å². The summed E-state index contributed by atoms with van der Waals surface area (Å²) in [6.07, 6.45) is 1.15. The number of hydrogen-bond acceptors (Lipinski definition) is 7. The molecule has 1 aromatic carbocycles. The first-order valence-electron chi connectivity index (χ1n) is 9.06. The molecule has 0 fully saturated rings. The summed E-state index contributed by atoms with van der Waals surface area (Å²) < 4.78 is 12.5.